The van der Waals surface area contributed by atoms with Crippen LogP contribution in [0.5, 0.6) is 5.75 Å². The number of aryl methyl sites for hydroxylation is 1. The topological polar surface area (TPSA) is 109 Å². The van der Waals surface area contributed by atoms with Gasteiger partial charge in [-0.05, 0) is 24.1 Å². The fourth-order valence-electron chi connectivity index (χ4n) is 3.66. The zero-order valence-electron chi connectivity index (χ0n) is 16.5. The van der Waals surface area contributed by atoms with Gasteiger partial charge in [0.2, 0.25) is 11.8 Å². The molecule has 1 aromatic carbocycles. The molecule has 0 saturated carbocycles. The Morgan fingerprint density at radius 1 is 1.38 bits per heavy atom. The Bertz CT molecular complexity index is 962. The fourth-order valence-corrected chi connectivity index (χ4v) is 3.66. The first-order valence-corrected chi connectivity index (χ1v) is 9.51. The molecule has 0 bridgehead atoms. The van der Waals surface area contributed by atoms with Crippen molar-refractivity contribution in [2.24, 2.45) is 5.41 Å². The van der Waals surface area contributed by atoms with Crippen molar-refractivity contribution in [1.82, 2.24) is 25.5 Å². The van der Waals surface area contributed by atoms with Gasteiger partial charge in [-0.1, -0.05) is 17.2 Å². The van der Waals surface area contributed by atoms with Crippen LogP contribution in [0, 0.1) is 12.3 Å². The number of carbonyl (C=O) groups excluding carboxylic acids is 1. The molecule has 1 amide bonds. The number of aromatic nitrogens is 4. The molecule has 0 radical (unpaired) electrons. The number of nitrogens with one attached hydrogen (secondary N) is 2. The van der Waals surface area contributed by atoms with Crippen LogP contribution in [0.2, 0.25) is 0 Å². The van der Waals surface area contributed by atoms with Crippen LogP contribution < -0.4 is 15.0 Å². The average molecular weight is 396 g/mol. The molecule has 2 aromatic heterocycles. The normalized spacial score (nSPS) is 15.0. The van der Waals surface area contributed by atoms with E-state index < -0.39 is 5.41 Å². The molecule has 1 aliphatic rings. The summed E-state index contributed by atoms with van der Waals surface area (Å²) >= 11 is 0. The molecule has 152 valence electrons. The van der Waals surface area contributed by atoms with E-state index in [0.29, 0.717) is 44.4 Å². The number of imidazole rings is 1. The van der Waals surface area contributed by atoms with Crippen LogP contribution in [0.3, 0.4) is 0 Å². The summed E-state index contributed by atoms with van der Waals surface area (Å²) in [6.07, 6.45) is 4.70. The zero-order valence-corrected chi connectivity index (χ0v) is 16.5. The molecule has 0 unspecified atom stereocenters. The van der Waals surface area contributed by atoms with Crippen LogP contribution in [-0.2, 0) is 17.6 Å². The average Bonchev–Trinajstić information content (AvgIpc) is 3.36. The highest BCUT2D eigenvalue weighted by molar-refractivity contribution is 5.86. The number of hydrogen-bond donors (Lipinski definition) is 2. The van der Waals surface area contributed by atoms with Gasteiger partial charge in [0.05, 0.1) is 18.9 Å². The third-order valence-electron chi connectivity index (χ3n) is 5.17. The number of aromatic amines is 1. The molecular weight excluding hydrogens is 372 g/mol. The van der Waals surface area contributed by atoms with E-state index in [1.165, 1.54) is 0 Å². The van der Waals surface area contributed by atoms with Gasteiger partial charge in [0, 0.05) is 44.9 Å². The van der Waals surface area contributed by atoms with Crippen LogP contribution in [0.15, 0.2) is 41.2 Å². The number of carbonyl (C=O) groups is 1. The molecular formula is C20H24N6O3. The number of nitrogens with zero attached hydrogens (tertiary/aromatic N) is 4. The van der Waals surface area contributed by atoms with Crippen LogP contribution in [-0.4, -0.2) is 52.8 Å². The summed E-state index contributed by atoms with van der Waals surface area (Å²) in [5, 5.41) is 11.0. The van der Waals surface area contributed by atoms with Gasteiger partial charge in [0.15, 0.2) is 0 Å². The summed E-state index contributed by atoms with van der Waals surface area (Å²) in [6.45, 7) is 3.33. The predicted molar refractivity (Wildman–Crippen MR) is 106 cm³/mol. The highest BCUT2D eigenvalue weighted by atomic mass is 16.5. The number of H-pyrrole nitrogens is 1. The molecule has 2 N–H and O–H groups in total. The van der Waals surface area contributed by atoms with Gasteiger partial charge in [-0.15, -0.1) is 5.10 Å². The standard InChI is InChI=1S/C20H24N6O3/c1-14-24-25-19(29-14)26-11-20(12-26,9-15-4-3-5-17(8-15)28-2)18(27)22-7-6-16-10-21-13-23-16/h3-5,8,10,13H,6-7,9,11-12H2,1-2H3,(H,21,23)(H,22,27). The Hall–Kier alpha value is -3.36. The lowest BCUT2D eigenvalue weighted by Gasteiger charge is -2.48. The van der Waals surface area contributed by atoms with E-state index in [4.69, 9.17) is 9.15 Å². The Balaban J connectivity index is 1.47. The third-order valence-corrected chi connectivity index (χ3v) is 5.17. The maximum Gasteiger partial charge on any atom is 0.318 e. The number of ether oxygens (including phenoxy) is 1. The number of hydrogen-bond acceptors (Lipinski definition) is 7. The second kappa shape index (κ2) is 7.94. The van der Waals surface area contributed by atoms with E-state index in [1.807, 2.05) is 29.2 Å². The molecule has 9 heteroatoms. The second-order valence-corrected chi connectivity index (χ2v) is 7.35. The first kappa shape index (κ1) is 19.0. The first-order valence-electron chi connectivity index (χ1n) is 9.51. The van der Waals surface area contributed by atoms with E-state index in [1.54, 1.807) is 26.6 Å². The quantitative estimate of drug-likeness (QED) is 0.594. The summed E-state index contributed by atoms with van der Waals surface area (Å²) in [6, 6.07) is 8.28. The summed E-state index contributed by atoms with van der Waals surface area (Å²) in [5.41, 5.74) is 1.47. The Labute approximate surface area is 168 Å². The van der Waals surface area contributed by atoms with Crippen molar-refractivity contribution in [1.29, 1.82) is 0 Å². The third kappa shape index (κ3) is 4.08. The molecule has 3 heterocycles. The lowest BCUT2D eigenvalue weighted by Crippen LogP contribution is -2.64. The molecule has 29 heavy (non-hydrogen) atoms. The van der Waals surface area contributed by atoms with E-state index in [0.717, 1.165) is 17.0 Å². The zero-order chi connectivity index (χ0) is 20.3. The molecule has 0 spiro atoms. The van der Waals surface area contributed by atoms with E-state index >= 15 is 0 Å². The van der Waals surface area contributed by atoms with E-state index in [-0.39, 0.29) is 5.91 Å². The minimum absolute atomic E-state index is 0.0207. The summed E-state index contributed by atoms with van der Waals surface area (Å²) < 4.78 is 10.8. The molecule has 4 rings (SSSR count). The molecule has 1 aliphatic heterocycles. The molecule has 3 aromatic rings. The van der Waals surface area contributed by atoms with Crippen LogP contribution >= 0.6 is 0 Å². The van der Waals surface area contributed by atoms with Crippen LogP contribution in [0.4, 0.5) is 6.01 Å². The van der Waals surface area contributed by atoms with Crippen molar-refractivity contribution in [3.8, 4) is 5.75 Å². The van der Waals surface area contributed by atoms with Crippen molar-refractivity contribution in [3.63, 3.8) is 0 Å². The first-order chi connectivity index (χ1) is 14.1. The van der Waals surface area contributed by atoms with Crippen molar-refractivity contribution < 1.29 is 13.9 Å². The minimum Gasteiger partial charge on any atom is -0.497 e. The molecule has 0 atom stereocenters. The predicted octanol–water partition coefficient (Wildman–Crippen LogP) is 1.52. The van der Waals surface area contributed by atoms with Gasteiger partial charge in [0.25, 0.3) is 0 Å². The van der Waals surface area contributed by atoms with Gasteiger partial charge >= 0.3 is 6.01 Å². The number of anilines is 1. The number of amides is 1. The summed E-state index contributed by atoms with van der Waals surface area (Å²) in [4.78, 5) is 22.1. The number of rotatable bonds is 8. The fraction of sp³-hybridized carbons (Fsp3) is 0.400. The summed E-state index contributed by atoms with van der Waals surface area (Å²) in [5.74, 6) is 1.31. The molecule has 0 aliphatic carbocycles. The largest absolute Gasteiger partial charge is 0.497 e. The van der Waals surface area contributed by atoms with Crippen molar-refractivity contribution in [3.05, 3.63) is 53.9 Å². The summed E-state index contributed by atoms with van der Waals surface area (Å²) in [7, 11) is 1.64. The van der Waals surface area contributed by atoms with E-state index in [2.05, 4.69) is 25.5 Å². The van der Waals surface area contributed by atoms with Crippen molar-refractivity contribution in [2.45, 2.75) is 19.8 Å². The van der Waals surface area contributed by atoms with Crippen LogP contribution in [0.25, 0.3) is 0 Å². The van der Waals surface area contributed by atoms with Gasteiger partial charge in [-0.25, -0.2) is 4.98 Å². The highest BCUT2D eigenvalue weighted by Gasteiger charge is 2.50. The van der Waals surface area contributed by atoms with Gasteiger partial charge in [0.1, 0.15) is 5.75 Å². The molecule has 1 fully saturated rings. The maximum absolute atomic E-state index is 13.2. The van der Waals surface area contributed by atoms with Gasteiger partial charge in [-0.3, -0.25) is 4.79 Å². The Kier molecular flexibility index (Phi) is 5.20. The number of methoxy groups -OCH3 is 1. The van der Waals surface area contributed by atoms with Gasteiger partial charge < -0.3 is 24.4 Å². The maximum atomic E-state index is 13.2. The minimum atomic E-state index is -0.567. The van der Waals surface area contributed by atoms with E-state index in [9.17, 15) is 4.79 Å². The van der Waals surface area contributed by atoms with Crippen molar-refractivity contribution >= 4 is 11.9 Å². The highest BCUT2D eigenvalue weighted by Crippen LogP contribution is 2.37. The lowest BCUT2D eigenvalue weighted by atomic mass is 9.74. The molecule has 1 saturated heterocycles. The molecule has 9 nitrogen and oxygen atoms in total. The van der Waals surface area contributed by atoms with Crippen LogP contribution in [0.1, 0.15) is 17.1 Å². The Morgan fingerprint density at radius 3 is 2.93 bits per heavy atom. The second-order valence-electron chi connectivity index (χ2n) is 7.35. The SMILES string of the molecule is COc1cccc(CC2(C(=O)NCCc3cnc[nH]3)CN(c3nnc(C)o3)C2)c1. The Morgan fingerprint density at radius 2 is 2.24 bits per heavy atom. The van der Waals surface area contributed by atoms with Crippen molar-refractivity contribution in [2.75, 3.05) is 31.6 Å². The number of benzene rings is 1. The van der Waals surface area contributed by atoms with Gasteiger partial charge in [-0.2, -0.15) is 0 Å². The monoisotopic (exact) mass is 396 g/mol. The smallest absolute Gasteiger partial charge is 0.318 e. The lowest BCUT2D eigenvalue weighted by molar-refractivity contribution is -0.132.